The summed E-state index contributed by atoms with van der Waals surface area (Å²) in [6.07, 6.45) is 0.361. The van der Waals surface area contributed by atoms with E-state index in [-0.39, 0.29) is 6.42 Å². The number of imide groups is 1. The van der Waals surface area contributed by atoms with Gasteiger partial charge in [0.05, 0.1) is 6.07 Å². The fourth-order valence-corrected chi connectivity index (χ4v) is 1.62. The van der Waals surface area contributed by atoms with Crippen molar-refractivity contribution in [3.05, 3.63) is 29.8 Å². The predicted octanol–water partition coefficient (Wildman–Crippen LogP) is 2.68. The summed E-state index contributed by atoms with van der Waals surface area (Å²) in [6.45, 7) is 4.04. The molecular formula is C14H17N3O2. The quantitative estimate of drug-likeness (QED) is 0.903. The number of nitrogens with zero attached hydrogens (tertiary/aromatic N) is 2. The Morgan fingerprint density at radius 3 is 2.63 bits per heavy atom. The van der Waals surface area contributed by atoms with Crippen molar-refractivity contribution in [1.29, 1.82) is 5.26 Å². The van der Waals surface area contributed by atoms with Crippen LogP contribution in [0.1, 0.15) is 25.3 Å². The molecule has 19 heavy (non-hydrogen) atoms. The van der Waals surface area contributed by atoms with Crippen LogP contribution in [0.2, 0.25) is 0 Å². The third kappa shape index (κ3) is 4.11. The first-order chi connectivity index (χ1) is 9.10. The summed E-state index contributed by atoms with van der Waals surface area (Å²) in [6, 6.07) is 8.60. The second kappa shape index (κ2) is 7.17. The summed E-state index contributed by atoms with van der Waals surface area (Å²) in [7, 11) is 0. The number of nitriles is 1. The Balaban J connectivity index is 2.81. The van der Waals surface area contributed by atoms with E-state index in [0.717, 1.165) is 10.5 Å². The first-order valence-corrected chi connectivity index (χ1v) is 6.14. The van der Waals surface area contributed by atoms with Crippen molar-refractivity contribution in [2.24, 2.45) is 0 Å². The smallest absolute Gasteiger partial charge is 0.307 e. The lowest BCUT2D eigenvalue weighted by Gasteiger charge is -2.20. The van der Waals surface area contributed by atoms with Crippen LogP contribution in [0.25, 0.3) is 0 Å². The molecule has 0 radical (unpaired) electrons. The Morgan fingerprint density at radius 1 is 1.37 bits per heavy atom. The van der Waals surface area contributed by atoms with Gasteiger partial charge in [-0.25, -0.2) is 4.79 Å². The summed E-state index contributed by atoms with van der Waals surface area (Å²) in [5.74, 6) is -0.476. The van der Waals surface area contributed by atoms with Crippen LogP contribution in [0.5, 0.6) is 0 Å². The zero-order valence-electron chi connectivity index (χ0n) is 11.1. The number of carbonyl (C=O) groups excluding carboxylic acids is 2. The number of urea groups is 1. The number of aryl methyl sites for hydroxylation is 1. The molecule has 1 rings (SSSR count). The van der Waals surface area contributed by atoms with Crippen LogP contribution >= 0.6 is 0 Å². The van der Waals surface area contributed by atoms with E-state index >= 15 is 0 Å². The van der Waals surface area contributed by atoms with Gasteiger partial charge in [0, 0.05) is 12.2 Å². The Kier molecular flexibility index (Phi) is 5.55. The van der Waals surface area contributed by atoms with Crippen molar-refractivity contribution in [1.82, 2.24) is 4.90 Å². The summed E-state index contributed by atoms with van der Waals surface area (Å²) in [5.41, 5.74) is 1.58. The van der Waals surface area contributed by atoms with Crippen LogP contribution in [0.3, 0.4) is 0 Å². The minimum atomic E-state index is -0.489. The molecule has 0 heterocycles. The molecule has 0 fully saturated rings. The second-order valence-corrected chi connectivity index (χ2v) is 4.13. The monoisotopic (exact) mass is 259 g/mol. The molecular weight excluding hydrogens is 242 g/mol. The van der Waals surface area contributed by atoms with E-state index in [1.165, 1.54) is 0 Å². The number of carbonyl (C=O) groups is 2. The highest BCUT2D eigenvalue weighted by Gasteiger charge is 2.20. The van der Waals surface area contributed by atoms with Gasteiger partial charge in [0.15, 0.2) is 0 Å². The number of hydrogen-bond donors (Lipinski definition) is 1. The summed E-state index contributed by atoms with van der Waals surface area (Å²) in [5, 5.41) is 11.2. The van der Waals surface area contributed by atoms with Crippen LogP contribution in [-0.2, 0) is 4.79 Å². The van der Waals surface area contributed by atoms with Crippen molar-refractivity contribution in [2.75, 3.05) is 11.9 Å². The molecule has 1 aromatic rings. The standard InChI is InChI=1S/C14H17N3O2/c1-3-10-17(13(18)8-9-15)14(19)16-12-7-5-4-6-11(12)2/h4-7H,3,8,10H2,1-2H3,(H,16,19). The zero-order chi connectivity index (χ0) is 14.3. The summed E-state index contributed by atoms with van der Waals surface area (Å²) < 4.78 is 0. The molecule has 1 N–H and O–H groups in total. The number of para-hydroxylation sites is 1. The lowest BCUT2D eigenvalue weighted by molar-refractivity contribution is -0.127. The van der Waals surface area contributed by atoms with Crippen LogP contribution in [-0.4, -0.2) is 23.4 Å². The Hall–Kier alpha value is -2.35. The van der Waals surface area contributed by atoms with E-state index < -0.39 is 11.9 Å². The maximum Gasteiger partial charge on any atom is 0.328 e. The molecule has 0 aliphatic carbocycles. The van der Waals surface area contributed by atoms with Gasteiger partial charge in [0.1, 0.15) is 6.42 Å². The van der Waals surface area contributed by atoms with E-state index in [9.17, 15) is 9.59 Å². The molecule has 5 heteroatoms. The van der Waals surface area contributed by atoms with Crippen molar-refractivity contribution in [3.8, 4) is 6.07 Å². The van der Waals surface area contributed by atoms with E-state index in [1.54, 1.807) is 12.1 Å². The van der Waals surface area contributed by atoms with Gasteiger partial charge in [0.2, 0.25) is 5.91 Å². The molecule has 0 spiro atoms. The molecule has 0 aliphatic rings. The van der Waals surface area contributed by atoms with Gasteiger partial charge in [-0.2, -0.15) is 5.26 Å². The highest BCUT2D eigenvalue weighted by Crippen LogP contribution is 2.14. The summed E-state index contributed by atoms with van der Waals surface area (Å²) in [4.78, 5) is 24.8. The van der Waals surface area contributed by atoms with E-state index in [2.05, 4.69) is 5.32 Å². The van der Waals surface area contributed by atoms with Crippen molar-refractivity contribution in [2.45, 2.75) is 26.7 Å². The third-order valence-electron chi connectivity index (χ3n) is 2.61. The molecule has 0 unspecified atom stereocenters. The average molecular weight is 259 g/mol. The number of benzene rings is 1. The van der Waals surface area contributed by atoms with Gasteiger partial charge in [-0.1, -0.05) is 25.1 Å². The number of nitrogens with one attached hydrogen (secondary N) is 1. The van der Waals surface area contributed by atoms with E-state index in [1.807, 2.05) is 32.0 Å². The van der Waals surface area contributed by atoms with Crippen molar-refractivity contribution < 1.29 is 9.59 Å². The van der Waals surface area contributed by atoms with Gasteiger partial charge < -0.3 is 5.32 Å². The molecule has 0 bridgehead atoms. The molecule has 0 aliphatic heterocycles. The molecule has 0 aromatic heterocycles. The first-order valence-electron chi connectivity index (χ1n) is 6.14. The number of anilines is 1. The Morgan fingerprint density at radius 2 is 2.05 bits per heavy atom. The maximum absolute atomic E-state index is 12.1. The lowest BCUT2D eigenvalue weighted by Crippen LogP contribution is -2.40. The molecule has 0 saturated carbocycles. The number of amides is 3. The highest BCUT2D eigenvalue weighted by atomic mass is 16.2. The minimum absolute atomic E-state index is 0.290. The minimum Gasteiger partial charge on any atom is -0.307 e. The largest absolute Gasteiger partial charge is 0.328 e. The predicted molar refractivity (Wildman–Crippen MR) is 72.4 cm³/mol. The van der Waals surface area contributed by atoms with Crippen LogP contribution in [0, 0.1) is 18.3 Å². The second-order valence-electron chi connectivity index (χ2n) is 4.13. The van der Waals surface area contributed by atoms with Gasteiger partial charge >= 0.3 is 6.03 Å². The van der Waals surface area contributed by atoms with E-state index in [0.29, 0.717) is 18.7 Å². The first kappa shape index (κ1) is 14.7. The fourth-order valence-electron chi connectivity index (χ4n) is 1.62. The topological polar surface area (TPSA) is 73.2 Å². The van der Waals surface area contributed by atoms with Crippen molar-refractivity contribution >= 4 is 17.6 Å². The van der Waals surface area contributed by atoms with Gasteiger partial charge in [-0.3, -0.25) is 9.69 Å². The van der Waals surface area contributed by atoms with Gasteiger partial charge in [-0.15, -0.1) is 0 Å². The normalized spacial score (nSPS) is 9.53. The van der Waals surface area contributed by atoms with Crippen LogP contribution in [0.15, 0.2) is 24.3 Å². The lowest BCUT2D eigenvalue weighted by atomic mass is 10.2. The SMILES string of the molecule is CCCN(C(=O)CC#N)C(=O)Nc1ccccc1C. The Bertz CT molecular complexity index is 506. The zero-order valence-corrected chi connectivity index (χ0v) is 11.1. The fraction of sp³-hybridized carbons (Fsp3) is 0.357. The Labute approximate surface area is 112 Å². The molecule has 0 atom stereocenters. The third-order valence-corrected chi connectivity index (χ3v) is 2.61. The molecule has 1 aromatic carbocycles. The summed E-state index contributed by atoms with van der Waals surface area (Å²) >= 11 is 0. The molecule has 5 nitrogen and oxygen atoms in total. The number of hydrogen-bond acceptors (Lipinski definition) is 3. The van der Waals surface area contributed by atoms with Gasteiger partial charge in [0.25, 0.3) is 0 Å². The molecule has 0 saturated heterocycles. The van der Waals surface area contributed by atoms with Crippen LogP contribution < -0.4 is 5.32 Å². The molecule has 100 valence electrons. The van der Waals surface area contributed by atoms with Crippen molar-refractivity contribution in [3.63, 3.8) is 0 Å². The molecule has 3 amide bonds. The van der Waals surface area contributed by atoms with Gasteiger partial charge in [-0.05, 0) is 25.0 Å². The number of rotatable bonds is 4. The highest BCUT2D eigenvalue weighted by molar-refractivity contribution is 6.02. The maximum atomic E-state index is 12.1. The van der Waals surface area contributed by atoms with E-state index in [4.69, 9.17) is 5.26 Å². The van der Waals surface area contributed by atoms with Crippen LogP contribution in [0.4, 0.5) is 10.5 Å². The average Bonchev–Trinajstić information content (AvgIpc) is 2.38.